The summed E-state index contributed by atoms with van der Waals surface area (Å²) >= 11 is 0. The average Bonchev–Trinajstić information content (AvgIpc) is 2.24. The first kappa shape index (κ1) is 13.3. The number of hydrogen-bond acceptors (Lipinski definition) is 5. The highest BCUT2D eigenvalue weighted by molar-refractivity contribution is 7.91. The van der Waals surface area contributed by atoms with E-state index in [9.17, 15) is 8.42 Å². The van der Waals surface area contributed by atoms with E-state index in [1.54, 1.807) is 0 Å². The lowest BCUT2D eigenvalue weighted by Crippen LogP contribution is -2.52. The van der Waals surface area contributed by atoms with Gasteiger partial charge in [-0.3, -0.25) is 0 Å². The van der Waals surface area contributed by atoms with Gasteiger partial charge in [0, 0.05) is 6.04 Å². The molecule has 2 saturated heterocycles. The summed E-state index contributed by atoms with van der Waals surface area (Å²) in [5.74, 6) is 0.100. The predicted octanol–water partition coefficient (Wildman–Crippen LogP) is 0.305. The van der Waals surface area contributed by atoms with Gasteiger partial charge >= 0.3 is 0 Å². The van der Waals surface area contributed by atoms with Crippen LogP contribution < -0.4 is 5.32 Å². The van der Waals surface area contributed by atoms with Gasteiger partial charge in [0.05, 0.1) is 30.8 Å². The maximum absolute atomic E-state index is 11.3. The molecule has 0 radical (unpaired) electrons. The highest BCUT2D eigenvalue weighted by Crippen LogP contribution is 2.19. The Balaban J connectivity index is 1.76. The molecule has 0 aromatic carbocycles. The molecular formula is C11H21NO4S. The van der Waals surface area contributed by atoms with Crippen LogP contribution in [-0.4, -0.2) is 51.0 Å². The van der Waals surface area contributed by atoms with Crippen LogP contribution in [0.4, 0.5) is 0 Å². The average molecular weight is 263 g/mol. The summed E-state index contributed by atoms with van der Waals surface area (Å²) in [7, 11) is -2.78. The monoisotopic (exact) mass is 263 g/mol. The summed E-state index contributed by atoms with van der Waals surface area (Å²) in [6, 6.07) is 0.450. The molecule has 0 unspecified atom stereocenters. The molecule has 0 spiro atoms. The van der Waals surface area contributed by atoms with Crippen LogP contribution in [-0.2, 0) is 19.3 Å². The molecule has 5 nitrogen and oxygen atoms in total. The Bertz CT molecular complexity index is 342. The summed E-state index contributed by atoms with van der Waals surface area (Å²) in [5.41, 5.74) is 0. The van der Waals surface area contributed by atoms with Crippen molar-refractivity contribution in [3.63, 3.8) is 0 Å². The Morgan fingerprint density at radius 1 is 1.06 bits per heavy atom. The second kappa shape index (κ2) is 4.84. The van der Waals surface area contributed by atoms with E-state index >= 15 is 0 Å². The first-order valence-corrected chi connectivity index (χ1v) is 7.93. The Kier molecular flexibility index (Phi) is 3.77. The minimum Gasteiger partial charge on any atom is -0.349 e. The minimum atomic E-state index is -2.78. The summed E-state index contributed by atoms with van der Waals surface area (Å²) in [6.45, 7) is 5.04. The molecule has 6 heteroatoms. The van der Waals surface area contributed by atoms with Gasteiger partial charge in [-0.1, -0.05) is 0 Å². The number of sulfone groups is 1. The molecule has 2 rings (SSSR count). The lowest BCUT2D eigenvalue weighted by molar-refractivity contribution is -0.253. The standard InChI is InChI=1S/C11H21NO4S/c1-11(2)15-7-10(8-16-11)12-9-3-5-17(13,14)6-4-9/h9-10,12H,3-8H2,1-2H3. The van der Waals surface area contributed by atoms with Crippen molar-refractivity contribution in [2.24, 2.45) is 0 Å². The maximum atomic E-state index is 11.3. The zero-order valence-electron chi connectivity index (χ0n) is 10.4. The van der Waals surface area contributed by atoms with Gasteiger partial charge in [0.15, 0.2) is 5.79 Å². The van der Waals surface area contributed by atoms with E-state index in [2.05, 4.69) is 5.32 Å². The van der Waals surface area contributed by atoms with Crippen LogP contribution in [0, 0.1) is 0 Å². The highest BCUT2D eigenvalue weighted by atomic mass is 32.2. The fourth-order valence-electron chi connectivity index (χ4n) is 2.18. The van der Waals surface area contributed by atoms with Crippen LogP contribution in [0.2, 0.25) is 0 Å². The van der Waals surface area contributed by atoms with Gasteiger partial charge in [-0.25, -0.2) is 8.42 Å². The van der Waals surface area contributed by atoms with E-state index in [0.717, 1.165) is 0 Å². The number of nitrogens with one attached hydrogen (secondary N) is 1. The lowest BCUT2D eigenvalue weighted by atomic mass is 10.1. The second-order valence-electron chi connectivity index (χ2n) is 5.31. The molecule has 0 amide bonds. The quantitative estimate of drug-likeness (QED) is 0.776. The zero-order valence-corrected chi connectivity index (χ0v) is 11.3. The zero-order chi connectivity index (χ0) is 12.5. The summed E-state index contributed by atoms with van der Waals surface area (Å²) in [6.07, 6.45) is 1.39. The third kappa shape index (κ3) is 3.91. The topological polar surface area (TPSA) is 64.6 Å². The fraction of sp³-hybridized carbons (Fsp3) is 1.00. The summed E-state index contributed by atoms with van der Waals surface area (Å²) < 4.78 is 33.7. The molecule has 2 aliphatic heterocycles. The van der Waals surface area contributed by atoms with Crippen molar-refractivity contribution in [2.45, 2.75) is 44.6 Å². The largest absolute Gasteiger partial charge is 0.349 e. The van der Waals surface area contributed by atoms with Gasteiger partial charge in [-0.05, 0) is 26.7 Å². The molecule has 0 aromatic heterocycles. The van der Waals surface area contributed by atoms with Gasteiger partial charge in [-0.15, -0.1) is 0 Å². The number of ether oxygens (including phenoxy) is 2. The molecule has 17 heavy (non-hydrogen) atoms. The van der Waals surface area contributed by atoms with Gasteiger partial charge in [0.25, 0.3) is 0 Å². The number of hydrogen-bond donors (Lipinski definition) is 1. The molecule has 100 valence electrons. The van der Waals surface area contributed by atoms with Gasteiger partial charge in [0.2, 0.25) is 0 Å². The van der Waals surface area contributed by atoms with Crippen molar-refractivity contribution in [3.05, 3.63) is 0 Å². The molecule has 1 N–H and O–H groups in total. The molecule has 0 atom stereocenters. The Morgan fingerprint density at radius 2 is 1.59 bits per heavy atom. The SMILES string of the molecule is CC1(C)OCC(NC2CCS(=O)(=O)CC2)CO1. The second-order valence-corrected chi connectivity index (χ2v) is 7.62. The van der Waals surface area contributed by atoms with Gasteiger partial charge in [-0.2, -0.15) is 0 Å². The van der Waals surface area contributed by atoms with Crippen molar-refractivity contribution in [1.29, 1.82) is 0 Å². The fourth-order valence-corrected chi connectivity index (χ4v) is 3.67. The van der Waals surface area contributed by atoms with Crippen molar-refractivity contribution < 1.29 is 17.9 Å². The van der Waals surface area contributed by atoms with Crippen molar-refractivity contribution in [3.8, 4) is 0 Å². The smallest absolute Gasteiger partial charge is 0.162 e. The van der Waals surface area contributed by atoms with Gasteiger partial charge < -0.3 is 14.8 Å². The Morgan fingerprint density at radius 3 is 2.12 bits per heavy atom. The summed E-state index contributed by atoms with van der Waals surface area (Å²) in [5, 5.41) is 3.42. The third-order valence-corrected chi connectivity index (χ3v) is 5.01. The van der Waals surface area contributed by atoms with E-state index in [-0.39, 0.29) is 12.1 Å². The van der Waals surface area contributed by atoms with Crippen LogP contribution in [0.25, 0.3) is 0 Å². The molecule has 2 heterocycles. The third-order valence-electron chi connectivity index (χ3n) is 3.29. The van der Waals surface area contributed by atoms with Crippen LogP contribution in [0.3, 0.4) is 0 Å². The predicted molar refractivity (Wildman–Crippen MR) is 64.6 cm³/mol. The highest BCUT2D eigenvalue weighted by Gasteiger charge is 2.31. The molecule has 0 aromatic rings. The van der Waals surface area contributed by atoms with Crippen LogP contribution in [0.1, 0.15) is 26.7 Å². The molecule has 2 aliphatic rings. The van der Waals surface area contributed by atoms with E-state index in [4.69, 9.17) is 9.47 Å². The first-order valence-electron chi connectivity index (χ1n) is 6.11. The normalized spacial score (nSPS) is 30.2. The first-order chi connectivity index (χ1) is 7.86. The Hall–Kier alpha value is -0.170. The minimum absolute atomic E-state index is 0.175. The van der Waals surface area contributed by atoms with E-state index < -0.39 is 15.6 Å². The van der Waals surface area contributed by atoms with Crippen LogP contribution in [0.5, 0.6) is 0 Å². The molecule has 0 saturated carbocycles. The molecule has 0 bridgehead atoms. The maximum Gasteiger partial charge on any atom is 0.162 e. The van der Waals surface area contributed by atoms with E-state index in [1.165, 1.54) is 0 Å². The molecule has 2 fully saturated rings. The van der Waals surface area contributed by atoms with Crippen molar-refractivity contribution in [2.75, 3.05) is 24.7 Å². The lowest BCUT2D eigenvalue weighted by Gasteiger charge is -2.37. The Labute approximate surface area is 103 Å². The molecule has 0 aliphatic carbocycles. The van der Waals surface area contributed by atoms with Crippen molar-refractivity contribution in [1.82, 2.24) is 5.32 Å². The van der Waals surface area contributed by atoms with Crippen LogP contribution in [0.15, 0.2) is 0 Å². The van der Waals surface area contributed by atoms with E-state index in [1.807, 2.05) is 13.8 Å². The van der Waals surface area contributed by atoms with E-state index in [0.29, 0.717) is 37.6 Å². The molecular weight excluding hydrogens is 242 g/mol. The van der Waals surface area contributed by atoms with Crippen LogP contribution >= 0.6 is 0 Å². The summed E-state index contributed by atoms with van der Waals surface area (Å²) in [4.78, 5) is 0. The van der Waals surface area contributed by atoms with Crippen molar-refractivity contribution >= 4 is 9.84 Å². The number of rotatable bonds is 2. The van der Waals surface area contributed by atoms with Gasteiger partial charge in [0.1, 0.15) is 9.84 Å².